The van der Waals surface area contributed by atoms with Crippen molar-refractivity contribution in [2.75, 3.05) is 37.7 Å². The van der Waals surface area contributed by atoms with Crippen molar-refractivity contribution in [3.05, 3.63) is 36.7 Å². The first kappa shape index (κ1) is 19.5. The Morgan fingerprint density at radius 2 is 2.06 bits per heavy atom. The Hall–Kier alpha value is -3.21. The van der Waals surface area contributed by atoms with Gasteiger partial charge in [0, 0.05) is 44.5 Å². The molecule has 2 saturated heterocycles. The molecular weight excluding hydrogens is 410 g/mol. The topological polar surface area (TPSA) is 113 Å². The number of nitrogens with one attached hydrogen (secondary N) is 2. The van der Waals surface area contributed by atoms with Crippen LogP contribution in [-0.4, -0.2) is 69.7 Å². The molecule has 0 spiro atoms. The summed E-state index contributed by atoms with van der Waals surface area (Å²) in [6.45, 7) is 4.16. The molecular formula is C22H25N7O3. The van der Waals surface area contributed by atoms with Crippen molar-refractivity contribution in [2.45, 2.75) is 25.1 Å². The molecule has 4 aromatic heterocycles. The van der Waals surface area contributed by atoms with E-state index in [-0.39, 0.29) is 6.04 Å². The van der Waals surface area contributed by atoms with Gasteiger partial charge in [-0.3, -0.25) is 5.32 Å². The van der Waals surface area contributed by atoms with Crippen LogP contribution in [-0.2, 0) is 0 Å². The molecule has 0 radical (unpaired) electrons. The largest absolute Gasteiger partial charge is 0.475 e. The maximum Gasteiger partial charge on any atom is 0.231 e. The summed E-state index contributed by atoms with van der Waals surface area (Å²) in [4.78, 5) is 11.4. The van der Waals surface area contributed by atoms with Gasteiger partial charge in [-0.15, -0.1) is 5.10 Å². The number of piperazine rings is 1. The zero-order chi connectivity index (χ0) is 21.5. The molecule has 4 aromatic rings. The summed E-state index contributed by atoms with van der Waals surface area (Å²) >= 11 is 0. The standard InChI is InChI=1S/C22H25N7O3/c30-20-3-1-14(26-20)13-31-21-4-2-19-25-12-16(29(19)27-21)18-11-15-17(32-18)5-6-24-22(15)28-9-7-23-8-10-28/h2,4-6,11-12,14,20,23,26,30H,1,3,7-10,13H2/t14-,20?/m1/s1. The highest BCUT2D eigenvalue weighted by Crippen LogP contribution is 2.33. The molecule has 0 bridgehead atoms. The lowest BCUT2D eigenvalue weighted by molar-refractivity contribution is 0.146. The molecule has 10 heteroatoms. The lowest BCUT2D eigenvalue weighted by Crippen LogP contribution is -2.43. The van der Waals surface area contributed by atoms with Crippen molar-refractivity contribution in [2.24, 2.45) is 0 Å². The van der Waals surface area contributed by atoms with Gasteiger partial charge in [0.05, 0.1) is 11.6 Å². The fraction of sp³-hybridized carbons (Fsp3) is 0.409. The van der Waals surface area contributed by atoms with E-state index < -0.39 is 6.23 Å². The van der Waals surface area contributed by atoms with Crippen LogP contribution >= 0.6 is 0 Å². The van der Waals surface area contributed by atoms with Gasteiger partial charge in [-0.25, -0.2) is 14.5 Å². The Morgan fingerprint density at radius 3 is 2.91 bits per heavy atom. The average Bonchev–Trinajstić information content (AvgIpc) is 3.55. The van der Waals surface area contributed by atoms with Gasteiger partial charge in [0.2, 0.25) is 5.88 Å². The third-order valence-corrected chi connectivity index (χ3v) is 6.08. The highest BCUT2D eigenvalue weighted by Gasteiger charge is 2.23. The first-order valence-electron chi connectivity index (χ1n) is 11.0. The summed E-state index contributed by atoms with van der Waals surface area (Å²) in [6, 6.07) is 7.71. The molecule has 32 heavy (non-hydrogen) atoms. The first-order valence-corrected chi connectivity index (χ1v) is 11.0. The molecule has 0 aromatic carbocycles. The minimum absolute atomic E-state index is 0.121. The maximum absolute atomic E-state index is 9.62. The van der Waals surface area contributed by atoms with Gasteiger partial charge in [0.15, 0.2) is 11.4 Å². The highest BCUT2D eigenvalue weighted by molar-refractivity contribution is 5.92. The molecule has 6 rings (SSSR count). The maximum atomic E-state index is 9.62. The van der Waals surface area contributed by atoms with E-state index in [9.17, 15) is 5.11 Å². The van der Waals surface area contributed by atoms with Crippen molar-refractivity contribution >= 4 is 22.4 Å². The van der Waals surface area contributed by atoms with E-state index in [4.69, 9.17) is 9.15 Å². The van der Waals surface area contributed by atoms with Gasteiger partial charge in [0.1, 0.15) is 29.9 Å². The van der Waals surface area contributed by atoms with Gasteiger partial charge in [-0.2, -0.15) is 0 Å². The van der Waals surface area contributed by atoms with Gasteiger partial charge < -0.3 is 24.5 Å². The molecule has 3 N–H and O–H groups in total. The van der Waals surface area contributed by atoms with Crippen LogP contribution in [0.4, 0.5) is 5.82 Å². The number of imidazole rings is 1. The number of anilines is 1. The molecule has 0 aliphatic carbocycles. The van der Waals surface area contributed by atoms with E-state index >= 15 is 0 Å². The third-order valence-electron chi connectivity index (χ3n) is 6.08. The Morgan fingerprint density at radius 1 is 1.16 bits per heavy atom. The molecule has 0 amide bonds. The second-order valence-corrected chi connectivity index (χ2v) is 8.25. The number of aliphatic hydroxyl groups is 1. The normalized spacial score (nSPS) is 21.6. The second kappa shape index (κ2) is 8.05. The number of rotatable bonds is 5. The Bertz CT molecular complexity index is 1250. The zero-order valence-electron chi connectivity index (χ0n) is 17.6. The molecule has 2 fully saturated rings. The lowest BCUT2D eigenvalue weighted by atomic mass is 10.2. The minimum atomic E-state index is -0.451. The van der Waals surface area contributed by atoms with Crippen LogP contribution < -0.4 is 20.3 Å². The van der Waals surface area contributed by atoms with Crippen LogP contribution in [0.2, 0.25) is 0 Å². The number of nitrogens with zero attached hydrogens (tertiary/aromatic N) is 5. The lowest BCUT2D eigenvalue weighted by Gasteiger charge is -2.28. The molecule has 2 aliphatic rings. The Labute approximate surface area is 184 Å². The zero-order valence-corrected chi connectivity index (χ0v) is 17.6. The SMILES string of the molecule is OC1CC[C@H](COc2ccc3ncc(-c4cc5c(N6CCNCC6)nccc5o4)n3n2)N1. The molecule has 166 valence electrons. The molecule has 0 saturated carbocycles. The predicted molar refractivity (Wildman–Crippen MR) is 119 cm³/mol. The molecule has 10 nitrogen and oxygen atoms in total. The summed E-state index contributed by atoms with van der Waals surface area (Å²) in [7, 11) is 0. The summed E-state index contributed by atoms with van der Waals surface area (Å²) < 4.78 is 13.8. The average molecular weight is 435 g/mol. The van der Waals surface area contributed by atoms with Gasteiger partial charge >= 0.3 is 0 Å². The minimum Gasteiger partial charge on any atom is -0.475 e. The van der Waals surface area contributed by atoms with Crippen molar-refractivity contribution in [3.63, 3.8) is 0 Å². The van der Waals surface area contributed by atoms with E-state index in [1.807, 2.05) is 24.3 Å². The number of aromatic nitrogens is 4. The van der Waals surface area contributed by atoms with Crippen molar-refractivity contribution < 1.29 is 14.3 Å². The van der Waals surface area contributed by atoms with Crippen LogP contribution in [0.15, 0.2) is 41.1 Å². The van der Waals surface area contributed by atoms with Crippen molar-refractivity contribution in [1.29, 1.82) is 0 Å². The van der Waals surface area contributed by atoms with E-state index in [0.717, 1.165) is 61.5 Å². The fourth-order valence-electron chi connectivity index (χ4n) is 4.42. The van der Waals surface area contributed by atoms with Crippen LogP contribution in [0.25, 0.3) is 28.1 Å². The molecule has 2 atom stereocenters. The van der Waals surface area contributed by atoms with Gasteiger partial charge in [0.25, 0.3) is 0 Å². The van der Waals surface area contributed by atoms with Gasteiger partial charge in [-0.1, -0.05) is 0 Å². The quantitative estimate of drug-likeness (QED) is 0.428. The second-order valence-electron chi connectivity index (χ2n) is 8.25. The monoisotopic (exact) mass is 435 g/mol. The van der Waals surface area contributed by atoms with Crippen LogP contribution in [0.3, 0.4) is 0 Å². The number of aliphatic hydroxyl groups excluding tert-OH is 1. The Balaban J connectivity index is 1.31. The molecule has 6 heterocycles. The summed E-state index contributed by atoms with van der Waals surface area (Å²) in [5.41, 5.74) is 2.25. The fourth-order valence-corrected chi connectivity index (χ4v) is 4.42. The van der Waals surface area contributed by atoms with E-state index in [2.05, 4.69) is 30.6 Å². The smallest absolute Gasteiger partial charge is 0.231 e. The number of fused-ring (bicyclic) bond motifs is 2. The number of pyridine rings is 1. The predicted octanol–water partition coefficient (Wildman–Crippen LogP) is 1.40. The van der Waals surface area contributed by atoms with E-state index in [1.165, 1.54) is 0 Å². The van der Waals surface area contributed by atoms with E-state index in [1.54, 1.807) is 16.9 Å². The molecule has 2 aliphatic heterocycles. The van der Waals surface area contributed by atoms with Crippen molar-refractivity contribution in [1.82, 2.24) is 30.2 Å². The highest BCUT2D eigenvalue weighted by atomic mass is 16.5. The van der Waals surface area contributed by atoms with Gasteiger partial charge in [-0.05, 0) is 31.0 Å². The van der Waals surface area contributed by atoms with E-state index in [0.29, 0.717) is 23.9 Å². The summed E-state index contributed by atoms with van der Waals surface area (Å²) in [5, 5.41) is 21.7. The molecule has 1 unspecified atom stereocenters. The van der Waals surface area contributed by atoms with Crippen LogP contribution in [0, 0.1) is 0 Å². The number of hydrogen-bond donors (Lipinski definition) is 3. The summed E-state index contributed by atoms with van der Waals surface area (Å²) in [6.07, 6.45) is 4.72. The number of furan rings is 1. The Kier molecular flexibility index (Phi) is 4.90. The van der Waals surface area contributed by atoms with Crippen LogP contribution in [0.1, 0.15) is 12.8 Å². The summed E-state index contributed by atoms with van der Waals surface area (Å²) in [5.74, 6) is 2.12. The van der Waals surface area contributed by atoms with Crippen LogP contribution in [0.5, 0.6) is 5.88 Å². The van der Waals surface area contributed by atoms with Crippen molar-refractivity contribution in [3.8, 4) is 17.3 Å². The third kappa shape index (κ3) is 3.56. The number of hydrogen-bond acceptors (Lipinski definition) is 9. The number of ether oxygens (including phenoxy) is 1. The first-order chi connectivity index (χ1) is 15.7.